The van der Waals surface area contributed by atoms with Crippen molar-refractivity contribution in [1.29, 1.82) is 0 Å². The average Bonchev–Trinajstić information content (AvgIpc) is 2.94. The molecule has 0 unspecified atom stereocenters. The molecule has 2 aromatic carbocycles. The van der Waals surface area contributed by atoms with Crippen molar-refractivity contribution in [2.24, 2.45) is 0 Å². The third kappa shape index (κ3) is 4.45. The van der Waals surface area contributed by atoms with Gasteiger partial charge in [-0.25, -0.2) is 4.68 Å². The SMILES string of the molecule is Nn1c(SCC(=O)Nc2cccc(Cl)c2)nnc1-c1ccc(Cl)cc1. The first-order valence-electron chi connectivity index (χ1n) is 7.17. The van der Waals surface area contributed by atoms with Gasteiger partial charge < -0.3 is 11.2 Å². The molecule has 0 spiro atoms. The molecule has 1 heterocycles. The largest absolute Gasteiger partial charge is 0.335 e. The number of hydrogen-bond donors (Lipinski definition) is 2. The molecule has 25 heavy (non-hydrogen) atoms. The van der Waals surface area contributed by atoms with E-state index in [4.69, 9.17) is 29.0 Å². The van der Waals surface area contributed by atoms with Gasteiger partial charge >= 0.3 is 0 Å². The number of hydrogen-bond acceptors (Lipinski definition) is 5. The second-order valence-corrected chi connectivity index (χ2v) is 6.85. The lowest BCUT2D eigenvalue weighted by molar-refractivity contribution is -0.113. The van der Waals surface area contributed by atoms with Gasteiger partial charge in [0.15, 0.2) is 5.82 Å². The van der Waals surface area contributed by atoms with E-state index in [0.29, 0.717) is 26.7 Å². The van der Waals surface area contributed by atoms with Gasteiger partial charge in [0.05, 0.1) is 5.75 Å². The van der Waals surface area contributed by atoms with Crippen LogP contribution in [-0.4, -0.2) is 26.5 Å². The van der Waals surface area contributed by atoms with Gasteiger partial charge in [-0.15, -0.1) is 10.2 Å². The van der Waals surface area contributed by atoms with Crippen LogP contribution in [-0.2, 0) is 4.79 Å². The highest BCUT2D eigenvalue weighted by molar-refractivity contribution is 7.99. The average molecular weight is 394 g/mol. The van der Waals surface area contributed by atoms with Crippen molar-refractivity contribution in [3.8, 4) is 11.4 Å². The predicted molar refractivity (Wildman–Crippen MR) is 101 cm³/mol. The molecule has 0 aliphatic carbocycles. The molecular weight excluding hydrogens is 381 g/mol. The number of halogens is 2. The Balaban J connectivity index is 1.64. The van der Waals surface area contributed by atoms with E-state index in [9.17, 15) is 4.79 Å². The zero-order chi connectivity index (χ0) is 17.8. The van der Waals surface area contributed by atoms with Crippen LogP contribution in [0, 0.1) is 0 Å². The van der Waals surface area contributed by atoms with E-state index in [1.54, 1.807) is 48.5 Å². The lowest BCUT2D eigenvalue weighted by Gasteiger charge is -2.06. The minimum Gasteiger partial charge on any atom is -0.335 e. The lowest BCUT2D eigenvalue weighted by atomic mass is 10.2. The summed E-state index contributed by atoms with van der Waals surface area (Å²) in [7, 11) is 0. The Labute approximate surface area is 158 Å². The summed E-state index contributed by atoms with van der Waals surface area (Å²) in [4.78, 5) is 12.0. The van der Waals surface area contributed by atoms with Crippen LogP contribution < -0.4 is 11.2 Å². The highest BCUT2D eigenvalue weighted by Gasteiger charge is 2.14. The van der Waals surface area contributed by atoms with E-state index in [1.807, 2.05) is 0 Å². The van der Waals surface area contributed by atoms with Gasteiger partial charge in [-0.2, -0.15) is 0 Å². The maximum Gasteiger partial charge on any atom is 0.234 e. The number of nitrogens with zero attached hydrogens (tertiary/aromatic N) is 3. The zero-order valence-electron chi connectivity index (χ0n) is 12.8. The Hall–Kier alpha value is -2.22. The number of thioether (sulfide) groups is 1. The number of nitrogens with two attached hydrogens (primary N) is 1. The molecule has 0 fully saturated rings. The van der Waals surface area contributed by atoms with E-state index in [-0.39, 0.29) is 11.7 Å². The van der Waals surface area contributed by atoms with Crippen molar-refractivity contribution >= 4 is 46.6 Å². The fourth-order valence-corrected chi connectivity index (χ4v) is 3.04. The first-order valence-corrected chi connectivity index (χ1v) is 8.92. The number of benzene rings is 2. The van der Waals surface area contributed by atoms with E-state index in [0.717, 1.165) is 5.56 Å². The highest BCUT2D eigenvalue weighted by atomic mass is 35.5. The number of anilines is 1. The smallest absolute Gasteiger partial charge is 0.234 e. The number of carbonyl (C=O) groups is 1. The maximum atomic E-state index is 12.0. The van der Waals surface area contributed by atoms with E-state index < -0.39 is 0 Å². The Bertz CT molecular complexity index is 898. The third-order valence-electron chi connectivity index (χ3n) is 3.21. The van der Waals surface area contributed by atoms with Gasteiger partial charge in [-0.1, -0.05) is 41.0 Å². The standard InChI is InChI=1S/C16H13Cl2N5OS/c17-11-6-4-10(5-7-11)15-21-22-16(23(15)19)25-9-14(24)20-13-3-1-2-12(18)8-13/h1-8H,9,19H2,(H,20,24). The van der Waals surface area contributed by atoms with Crippen LogP contribution in [0.1, 0.15) is 0 Å². The van der Waals surface area contributed by atoms with Crippen molar-refractivity contribution in [1.82, 2.24) is 14.9 Å². The maximum absolute atomic E-state index is 12.0. The Kier molecular flexibility index (Phi) is 5.47. The number of carbonyl (C=O) groups excluding carboxylic acids is 1. The molecule has 9 heteroatoms. The number of nitrogens with one attached hydrogen (secondary N) is 1. The highest BCUT2D eigenvalue weighted by Crippen LogP contribution is 2.23. The van der Waals surface area contributed by atoms with Crippen LogP contribution >= 0.6 is 35.0 Å². The lowest BCUT2D eigenvalue weighted by Crippen LogP contribution is -2.16. The molecule has 3 rings (SSSR count). The van der Waals surface area contributed by atoms with Gasteiger partial charge in [0.25, 0.3) is 0 Å². The minimum absolute atomic E-state index is 0.141. The van der Waals surface area contributed by atoms with E-state index in [2.05, 4.69) is 15.5 Å². The third-order valence-corrected chi connectivity index (χ3v) is 4.64. The summed E-state index contributed by atoms with van der Waals surface area (Å²) in [5.41, 5.74) is 1.42. The van der Waals surface area contributed by atoms with Crippen LogP contribution in [0.2, 0.25) is 10.0 Å². The van der Waals surface area contributed by atoms with Crippen LogP contribution in [0.3, 0.4) is 0 Å². The van der Waals surface area contributed by atoms with Gasteiger partial charge in [0.1, 0.15) is 0 Å². The zero-order valence-corrected chi connectivity index (χ0v) is 15.1. The Morgan fingerprint density at radius 3 is 2.60 bits per heavy atom. The normalized spacial score (nSPS) is 10.6. The Morgan fingerprint density at radius 1 is 1.12 bits per heavy atom. The van der Waals surface area contributed by atoms with Crippen molar-refractivity contribution in [3.63, 3.8) is 0 Å². The van der Waals surface area contributed by atoms with Crippen LogP contribution in [0.25, 0.3) is 11.4 Å². The summed E-state index contributed by atoms with van der Waals surface area (Å²) in [6, 6.07) is 14.0. The van der Waals surface area contributed by atoms with Crippen molar-refractivity contribution in [3.05, 3.63) is 58.6 Å². The fraction of sp³-hybridized carbons (Fsp3) is 0.0625. The molecule has 128 valence electrons. The number of nitrogen functional groups attached to an aromatic ring is 1. The molecule has 6 nitrogen and oxygen atoms in total. The summed E-state index contributed by atoms with van der Waals surface area (Å²) in [5, 5.41) is 12.5. The Morgan fingerprint density at radius 2 is 1.88 bits per heavy atom. The van der Waals surface area contributed by atoms with Crippen LogP contribution in [0.15, 0.2) is 53.7 Å². The molecule has 0 aliphatic heterocycles. The minimum atomic E-state index is -0.191. The number of aromatic nitrogens is 3. The second-order valence-electron chi connectivity index (χ2n) is 5.03. The van der Waals surface area contributed by atoms with Crippen LogP contribution in [0.5, 0.6) is 0 Å². The monoisotopic (exact) mass is 393 g/mol. The van der Waals surface area contributed by atoms with Gasteiger partial charge in [-0.3, -0.25) is 4.79 Å². The molecule has 1 aromatic heterocycles. The molecule has 0 bridgehead atoms. The van der Waals surface area contributed by atoms with Gasteiger partial charge in [0.2, 0.25) is 11.1 Å². The molecule has 3 aromatic rings. The first-order chi connectivity index (χ1) is 12.0. The summed E-state index contributed by atoms with van der Waals surface area (Å²) in [6.07, 6.45) is 0. The van der Waals surface area contributed by atoms with Crippen molar-refractivity contribution in [2.45, 2.75) is 5.16 Å². The molecular formula is C16H13Cl2N5OS. The molecule has 0 atom stereocenters. The molecule has 0 radical (unpaired) electrons. The summed E-state index contributed by atoms with van der Waals surface area (Å²) < 4.78 is 1.35. The topological polar surface area (TPSA) is 85.8 Å². The molecule has 0 saturated heterocycles. The molecule has 1 amide bonds. The second kappa shape index (κ2) is 7.77. The molecule has 0 aliphatic rings. The molecule has 3 N–H and O–H groups in total. The van der Waals surface area contributed by atoms with Gasteiger partial charge in [-0.05, 0) is 42.5 Å². The molecule has 0 saturated carbocycles. The quantitative estimate of drug-likeness (QED) is 0.509. The summed E-state index contributed by atoms with van der Waals surface area (Å²) >= 11 is 13.0. The summed E-state index contributed by atoms with van der Waals surface area (Å²) in [5.74, 6) is 6.47. The fourth-order valence-electron chi connectivity index (χ4n) is 2.06. The van der Waals surface area contributed by atoms with Crippen LogP contribution in [0.4, 0.5) is 5.69 Å². The van der Waals surface area contributed by atoms with Gasteiger partial charge in [0, 0.05) is 21.3 Å². The predicted octanol–water partition coefficient (Wildman–Crippen LogP) is 3.70. The number of amides is 1. The van der Waals surface area contributed by atoms with E-state index in [1.165, 1.54) is 16.4 Å². The number of rotatable bonds is 5. The summed E-state index contributed by atoms with van der Waals surface area (Å²) in [6.45, 7) is 0. The van der Waals surface area contributed by atoms with E-state index >= 15 is 0 Å². The first kappa shape index (κ1) is 17.6. The van der Waals surface area contributed by atoms with Crippen molar-refractivity contribution < 1.29 is 4.79 Å². The van der Waals surface area contributed by atoms with Crippen molar-refractivity contribution in [2.75, 3.05) is 16.9 Å².